The van der Waals surface area contributed by atoms with Crippen LogP contribution in [0.15, 0.2) is 30.9 Å². The van der Waals surface area contributed by atoms with Crippen LogP contribution in [0, 0.1) is 0 Å². The summed E-state index contributed by atoms with van der Waals surface area (Å²) in [6.45, 7) is -0.205. The Morgan fingerprint density at radius 2 is 2.04 bits per heavy atom. The molecule has 0 aromatic carbocycles. The summed E-state index contributed by atoms with van der Waals surface area (Å²) < 4.78 is 39.2. The van der Waals surface area contributed by atoms with Crippen LogP contribution in [0.4, 0.5) is 13.2 Å². The van der Waals surface area contributed by atoms with Crippen molar-refractivity contribution in [2.24, 2.45) is 0 Å². The molecule has 25 heavy (non-hydrogen) atoms. The number of hydrogen-bond donors (Lipinski definition) is 1. The van der Waals surface area contributed by atoms with Gasteiger partial charge in [-0.15, -0.1) is 0 Å². The van der Waals surface area contributed by atoms with E-state index in [9.17, 15) is 18.0 Å². The lowest BCUT2D eigenvalue weighted by atomic mass is 10.3. The SMILES string of the molecule is O=C(NCc1cn2ncc(Cl)cc2n1)c1cnn(CCC(F)(F)F)c1. The van der Waals surface area contributed by atoms with Gasteiger partial charge in [0.15, 0.2) is 5.65 Å². The molecule has 0 aliphatic heterocycles. The molecular formula is C14H12ClF3N6O. The van der Waals surface area contributed by atoms with Crippen LogP contribution in [0.1, 0.15) is 22.5 Å². The minimum Gasteiger partial charge on any atom is -0.346 e. The Bertz CT molecular complexity index is 903. The van der Waals surface area contributed by atoms with Crippen molar-refractivity contribution in [3.05, 3.63) is 47.1 Å². The van der Waals surface area contributed by atoms with Gasteiger partial charge in [-0.25, -0.2) is 9.50 Å². The zero-order valence-electron chi connectivity index (χ0n) is 12.7. The molecule has 0 atom stereocenters. The summed E-state index contributed by atoms with van der Waals surface area (Å²) in [4.78, 5) is 16.3. The predicted molar refractivity (Wildman–Crippen MR) is 82.1 cm³/mol. The van der Waals surface area contributed by atoms with E-state index < -0.39 is 18.5 Å². The fourth-order valence-electron chi connectivity index (χ4n) is 2.11. The number of alkyl halides is 3. The highest BCUT2D eigenvalue weighted by molar-refractivity contribution is 6.30. The average molecular weight is 373 g/mol. The van der Waals surface area contributed by atoms with E-state index >= 15 is 0 Å². The highest BCUT2D eigenvalue weighted by Gasteiger charge is 2.26. The number of carbonyl (C=O) groups excluding carboxylic acids is 1. The third-order valence-electron chi connectivity index (χ3n) is 3.29. The third-order valence-corrected chi connectivity index (χ3v) is 3.49. The second kappa shape index (κ2) is 6.71. The number of fused-ring (bicyclic) bond motifs is 1. The molecule has 0 saturated carbocycles. The average Bonchev–Trinajstić information content (AvgIpc) is 3.16. The molecule has 0 fully saturated rings. The number of rotatable bonds is 5. The van der Waals surface area contributed by atoms with E-state index in [-0.39, 0.29) is 18.7 Å². The Morgan fingerprint density at radius 3 is 2.80 bits per heavy atom. The van der Waals surface area contributed by atoms with E-state index in [1.807, 2.05) is 0 Å². The van der Waals surface area contributed by atoms with Crippen molar-refractivity contribution in [2.45, 2.75) is 25.7 Å². The van der Waals surface area contributed by atoms with Crippen LogP contribution in [-0.4, -0.2) is 36.5 Å². The van der Waals surface area contributed by atoms with Gasteiger partial charge in [0.05, 0.1) is 47.8 Å². The molecule has 132 valence electrons. The molecule has 3 heterocycles. The number of nitrogens with one attached hydrogen (secondary N) is 1. The highest BCUT2D eigenvalue weighted by Crippen LogP contribution is 2.20. The van der Waals surface area contributed by atoms with E-state index in [1.54, 1.807) is 12.3 Å². The van der Waals surface area contributed by atoms with E-state index in [0.29, 0.717) is 16.4 Å². The Kier molecular flexibility index (Phi) is 4.62. The van der Waals surface area contributed by atoms with Gasteiger partial charge in [0.25, 0.3) is 5.91 Å². The Hall–Kier alpha value is -2.62. The van der Waals surface area contributed by atoms with Gasteiger partial charge >= 0.3 is 6.18 Å². The van der Waals surface area contributed by atoms with Gasteiger partial charge < -0.3 is 5.32 Å². The minimum atomic E-state index is -4.27. The van der Waals surface area contributed by atoms with Gasteiger partial charge in [-0.3, -0.25) is 9.48 Å². The topological polar surface area (TPSA) is 77.1 Å². The molecule has 1 N–H and O–H groups in total. The van der Waals surface area contributed by atoms with Crippen LogP contribution in [0.5, 0.6) is 0 Å². The van der Waals surface area contributed by atoms with Crippen molar-refractivity contribution in [1.82, 2.24) is 29.7 Å². The number of aromatic nitrogens is 5. The quantitative estimate of drug-likeness (QED) is 0.746. The Balaban J connectivity index is 1.59. The van der Waals surface area contributed by atoms with E-state index in [2.05, 4.69) is 20.5 Å². The second-order valence-corrected chi connectivity index (χ2v) is 5.69. The molecule has 3 rings (SSSR count). The lowest BCUT2D eigenvalue weighted by Crippen LogP contribution is -2.22. The van der Waals surface area contributed by atoms with Crippen LogP contribution in [-0.2, 0) is 13.1 Å². The van der Waals surface area contributed by atoms with Crippen LogP contribution >= 0.6 is 11.6 Å². The fourth-order valence-corrected chi connectivity index (χ4v) is 2.25. The van der Waals surface area contributed by atoms with Gasteiger partial charge in [-0.1, -0.05) is 11.6 Å². The maximum Gasteiger partial charge on any atom is 0.390 e. The van der Waals surface area contributed by atoms with Crippen molar-refractivity contribution >= 4 is 23.2 Å². The summed E-state index contributed by atoms with van der Waals surface area (Å²) in [5.41, 5.74) is 1.27. The fraction of sp³-hybridized carbons (Fsp3) is 0.286. The molecule has 0 spiro atoms. The molecule has 0 saturated heterocycles. The molecule has 3 aromatic rings. The first kappa shape index (κ1) is 17.2. The second-order valence-electron chi connectivity index (χ2n) is 5.25. The minimum absolute atomic E-state index is 0.132. The van der Waals surface area contributed by atoms with Crippen molar-refractivity contribution in [2.75, 3.05) is 0 Å². The van der Waals surface area contributed by atoms with Gasteiger partial charge in [0.2, 0.25) is 0 Å². The third kappa shape index (κ3) is 4.47. The summed E-state index contributed by atoms with van der Waals surface area (Å²) in [7, 11) is 0. The van der Waals surface area contributed by atoms with Crippen molar-refractivity contribution in [1.29, 1.82) is 0 Å². The molecule has 0 aliphatic carbocycles. The van der Waals surface area contributed by atoms with Crippen molar-refractivity contribution in [3.8, 4) is 0 Å². The largest absolute Gasteiger partial charge is 0.390 e. The van der Waals surface area contributed by atoms with Crippen LogP contribution < -0.4 is 5.32 Å². The number of nitrogens with zero attached hydrogens (tertiary/aromatic N) is 5. The molecule has 0 radical (unpaired) electrons. The van der Waals surface area contributed by atoms with Gasteiger partial charge in [0.1, 0.15) is 0 Å². The zero-order chi connectivity index (χ0) is 18.0. The van der Waals surface area contributed by atoms with Crippen molar-refractivity contribution in [3.63, 3.8) is 0 Å². The first-order valence-corrected chi connectivity index (χ1v) is 7.55. The van der Waals surface area contributed by atoms with Gasteiger partial charge in [-0.05, 0) is 0 Å². The van der Waals surface area contributed by atoms with Gasteiger partial charge in [0, 0.05) is 18.8 Å². The molecule has 11 heteroatoms. The smallest absolute Gasteiger partial charge is 0.346 e. The Morgan fingerprint density at radius 1 is 1.24 bits per heavy atom. The summed E-state index contributed by atoms with van der Waals surface area (Å²) >= 11 is 5.83. The molecule has 3 aromatic heterocycles. The zero-order valence-corrected chi connectivity index (χ0v) is 13.4. The lowest BCUT2D eigenvalue weighted by molar-refractivity contribution is -0.137. The number of imidazole rings is 1. The monoisotopic (exact) mass is 372 g/mol. The molecule has 0 bridgehead atoms. The molecule has 0 aliphatic rings. The van der Waals surface area contributed by atoms with E-state index in [1.165, 1.54) is 23.1 Å². The van der Waals surface area contributed by atoms with E-state index in [4.69, 9.17) is 11.6 Å². The van der Waals surface area contributed by atoms with E-state index in [0.717, 1.165) is 4.68 Å². The summed E-state index contributed by atoms with van der Waals surface area (Å²) in [5.74, 6) is -0.457. The summed E-state index contributed by atoms with van der Waals surface area (Å²) in [6, 6.07) is 1.63. The van der Waals surface area contributed by atoms with Crippen LogP contribution in [0.3, 0.4) is 0 Å². The first-order valence-electron chi connectivity index (χ1n) is 7.17. The number of amides is 1. The molecule has 1 amide bonds. The summed E-state index contributed by atoms with van der Waals surface area (Å²) in [6.07, 6.45) is 0.316. The molecular weight excluding hydrogens is 361 g/mol. The molecule has 7 nitrogen and oxygen atoms in total. The normalized spacial score (nSPS) is 11.8. The first-order chi connectivity index (χ1) is 11.8. The lowest BCUT2D eigenvalue weighted by Gasteiger charge is -2.05. The highest BCUT2D eigenvalue weighted by atomic mass is 35.5. The standard InChI is InChI=1S/C14H12ClF3N6O/c15-10-3-12-22-11(8-24(12)21-5-10)6-19-13(25)9-4-20-23(7-9)2-1-14(16,17)18/h3-5,7-8H,1-2,6H2,(H,19,25). The van der Waals surface area contributed by atoms with Crippen LogP contribution in [0.25, 0.3) is 5.65 Å². The number of carbonyl (C=O) groups is 1. The summed E-state index contributed by atoms with van der Waals surface area (Å²) in [5, 5.41) is 10.9. The van der Waals surface area contributed by atoms with Crippen molar-refractivity contribution < 1.29 is 18.0 Å². The number of hydrogen-bond acceptors (Lipinski definition) is 4. The Labute approximate surface area is 144 Å². The predicted octanol–water partition coefficient (Wildman–Crippen LogP) is 2.46. The maximum absolute atomic E-state index is 12.2. The number of aryl methyl sites for hydroxylation is 1. The van der Waals surface area contributed by atoms with Gasteiger partial charge in [-0.2, -0.15) is 23.4 Å². The maximum atomic E-state index is 12.2. The number of halogens is 4. The van der Waals surface area contributed by atoms with Crippen LogP contribution in [0.2, 0.25) is 5.02 Å². The molecule has 0 unspecified atom stereocenters.